The molecule has 8 heteroatoms. The number of imidazole rings is 1. The highest BCUT2D eigenvalue weighted by Crippen LogP contribution is 2.18. The Morgan fingerprint density at radius 2 is 2.00 bits per heavy atom. The Balaban J connectivity index is 1.87. The number of aryl methyl sites for hydroxylation is 2. The van der Waals surface area contributed by atoms with Crippen molar-refractivity contribution in [1.82, 2.24) is 15.3 Å². The molecular formula is C17H23N3O2S3. The Hall–Kier alpha value is -1.38. The Labute approximate surface area is 158 Å². The molecule has 1 heterocycles. The van der Waals surface area contributed by atoms with Gasteiger partial charge in [-0.25, -0.2) is 13.4 Å². The number of nitrogens with zero attached hydrogens (tertiary/aromatic N) is 1. The zero-order chi connectivity index (χ0) is 18.3. The third-order valence-corrected chi connectivity index (χ3v) is 6.85. The molecule has 2 aromatic rings. The molecule has 2 rings (SSSR count). The maximum absolute atomic E-state index is 12.4. The van der Waals surface area contributed by atoms with Crippen LogP contribution in [0.15, 0.2) is 45.9 Å². The van der Waals surface area contributed by atoms with Gasteiger partial charge in [0.2, 0.25) is 9.84 Å². The van der Waals surface area contributed by atoms with Gasteiger partial charge in [-0.05, 0) is 32.2 Å². The number of aromatic amines is 1. The zero-order valence-corrected chi connectivity index (χ0v) is 17.0. The van der Waals surface area contributed by atoms with Crippen LogP contribution in [0.1, 0.15) is 17.0 Å². The minimum Gasteiger partial charge on any atom is -0.378 e. The van der Waals surface area contributed by atoms with E-state index in [9.17, 15) is 8.42 Å². The normalized spacial score (nSPS) is 12.4. The third kappa shape index (κ3) is 6.13. The van der Waals surface area contributed by atoms with Crippen LogP contribution in [-0.4, -0.2) is 36.9 Å². The molecule has 0 saturated carbocycles. The number of thioether (sulfide) groups is 2. The van der Waals surface area contributed by atoms with E-state index in [1.165, 1.54) is 17.2 Å². The fourth-order valence-electron chi connectivity index (χ4n) is 2.05. The first-order chi connectivity index (χ1) is 11.9. The van der Waals surface area contributed by atoms with Gasteiger partial charge in [0.25, 0.3) is 0 Å². The van der Waals surface area contributed by atoms with Crippen LogP contribution < -0.4 is 5.32 Å². The van der Waals surface area contributed by atoms with Crippen LogP contribution in [0.25, 0.3) is 0 Å². The molecule has 0 aliphatic carbocycles. The highest BCUT2D eigenvalue weighted by molar-refractivity contribution is 8.03. The van der Waals surface area contributed by atoms with Crippen LogP contribution in [0.3, 0.4) is 0 Å². The summed E-state index contributed by atoms with van der Waals surface area (Å²) in [6.45, 7) is 4.64. The van der Waals surface area contributed by atoms with Gasteiger partial charge in [0, 0.05) is 23.7 Å². The Morgan fingerprint density at radius 3 is 2.60 bits per heavy atom. The summed E-state index contributed by atoms with van der Waals surface area (Å²) in [5, 5.41) is 5.16. The van der Waals surface area contributed by atoms with Crippen molar-refractivity contribution >= 4 is 33.4 Å². The van der Waals surface area contributed by atoms with Crippen molar-refractivity contribution in [3.63, 3.8) is 0 Å². The second-order valence-corrected chi connectivity index (χ2v) is 9.25. The summed E-state index contributed by atoms with van der Waals surface area (Å²) in [7, 11) is -3.44. The Bertz CT molecular complexity index is 812. The van der Waals surface area contributed by atoms with Gasteiger partial charge >= 0.3 is 0 Å². The Morgan fingerprint density at radius 1 is 1.28 bits per heavy atom. The first-order valence-corrected chi connectivity index (χ1v) is 11.7. The molecule has 0 aliphatic rings. The second kappa shape index (κ2) is 9.35. The molecule has 0 unspecified atom stereocenters. The fraction of sp³-hybridized carbons (Fsp3) is 0.353. The topological polar surface area (TPSA) is 74.8 Å². The van der Waals surface area contributed by atoms with Gasteiger partial charge in [-0.15, -0.1) is 11.8 Å². The summed E-state index contributed by atoms with van der Waals surface area (Å²) in [5.74, 6) is 1.71. The lowest BCUT2D eigenvalue weighted by Crippen LogP contribution is -2.16. The molecule has 0 bridgehead atoms. The van der Waals surface area contributed by atoms with Gasteiger partial charge in [0.1, 0.15) is 0 Å². The summed E-state index contributed by atoms with van der Waals surface area (Å²) >= 11 is 3.16. The van der Waals surface area contributed by atoms with Gasteiger partial charge in [-0.1, -0.05) is 17.7 Å². The maximum atomic E-state index is 12.4. The summed E-state index contributed by atoms with van der Waals surface area (Å²) < 4.78 is 24.9. The number of benzene rings is 1. The summed E-state index contributed by atoms with van der Waals surface area (Å²) in [4.78, 5) is 7.64. The SMILES string of the molecule is CSC(=CS(=O)(=O)c1ccc(C)cc1)NCCSCc1nc[nH]c1C. The average molecular weight is 398 g/mol. The molecule has 136 valence electrons. The van der Waals surface area contributed by atoms with Crippen molar-refractivity contribution in [3.05, 3.63) is 58.0 Å². The lowest BCUT2D eigenvalue weighted by atomic mass is 10.2. The third-order valence-electron chi connectivity index (χ3n) is 3.55. The minimum atomic E-state index is -3.44. The van der Waals surface area contributed by atoms with E-state index in [4.69, 9.17) is 0 Å². The lowest BCUT2D eigenvalue weighted by molar-refractivity contribution is 0.604. The van der Waals surface area contributed by atoms with Crippen molar-refractivity contribution in [2.24, 2.45) is 0 Å². The van der Waals surface area contributed by atoms with Gasteiger partial charge < -0.3 is 10.3 Å². The molecule has 5 nitrogen and oxygen atoms in total. The molecule has 2 N–H and O–H groups in total. The van der Waals surface area contributed by atoms with Crippen molar-refractivity contribution in [1.29, 1.82) is 0 Å². The number of rotatable bonds is 9. The van der Waals surface area contributed by atoms with E-state index in [1.54, 1.807) is 42.4 Å². The molecule has 25 heavy (non-hydrogen) atoms. The van der Waals surface area contributed by atoms with Gasteiger partial charge in [-0.3, -0.25) is 0 Å². The lowest BCUT2D eigenvalue weighted by Gasteiger charge is -2.09. The predicted octanol–water partition coefficient (Wildman–Crippen LogP) is 3.49. The van der Waals surface area contributed by atoms with Crippen LogP contribution in [0.4, 0.5) is 0 Å². The van der Waals surface area contributed by atoms with Crippen molar-refractivity contribution < 1.29 is 8.42 Å². The van der Waals surface area contributed by atoms with Crippen LogP contribution in [0.2, 0.25) is 0 Å². The summed E-state index contributed by atoms with van der Waals surface area (Å²) in [5.41, 5.74) is 3.19. The van der Waals surface area contributed by atoms with Gasteiger partial charge in [-0.2, -0.15) is 11.8 Å². The first-order valence-electron chi connectivity index (χ1n) is 7.80. The molecular weight excluding hydrogens is 374 g/mol. The van der Waals surface area contributed by atoms with E-state index >= 15 is 0 Å². The standard InChI is InChI=1S/C17H23N3O2S3/c1-13-4-6-15(7-5-13)25(21,22)11-17(23-3)18-8-9-24-10-16-14(2)19-12-20-16/h4-7,11-12,18H,8-10H2,1-3H3,(H,19,20). The number of H-pyrrole nitrogens is 1. The summed E-state index contributed by atoms with van der Waals surface area (Å²) in [6.07, 6.45) is 3.57. The zero-order valence-electron chi connectivity index (χ0n) is 14.6. The quantitative estimate of drug-likeness (QED) is 0.631. The van der Waals surface area contributed by atoms with Crippen LogP contribution in [-0.2, 0) is 15.6 Å². The molecule has 1 aromatic heterocycles. The van der Waals surface area contributed by atoms with E-state index in [2.05, 4.69) is 15.3 Å². The Kier molecular flexibility index (Phi) is 7.46. The number of hydrogen-bond donors (Lipinski definition) is 2. The highest BCUT2D eigenvalue weighted by atomic mass is 32.2. The second-order valence-electron chi connectivity index (χ2n) is 5.50. The molecule has 0 radical (unpaired) electrons. The summed E-state index contributed by atoms with van der Waals surface area (Å²) in [6, 6.07) is 6.89. The maximum Gasteiger partial charge on any atom is 0.202 e. The van der Waals surface area contributed by atoms with Crippen molar-refractivity contribution in [2.75, 3.05) is 18.6 Å². The van der Waals surface area contributed by atoms with Crippen LogP contribution >= 0.6 is 23.5 Å². The van der Waals surface area contributed by atoms with E-state index in [1.807, 2.05) is 20.1 Å². The van der Waals surface area contributed by atoms with Crippen molar-refractivity contribution in [2.45, 2.75) is 24.5 Å². The predicted molar refractivity (Wildman–Crippen MR) is 107 cm³/mol. The van der Waals surface area contributed by atoms with E-state index in [0.29, 0.717) is 16.5 Å². The van der Waals surface area contributed by atoms with Crippen LogP contribution in [0.5, 0.6) is 0 Å². The smallest absolute Gasteiger partial charge is 0.202 e. The largest absolute Gasteiger partial charge is 0.378 e. The molecule has 0 amide bonds. The first kappa shape index (κ1) is 19.9. The molecule has 0 aliphatic heterocycles. The number of sulfone groups is 1. The minimum absolute atomic E-state index is 0.315. The molecule has 0 saturated heterocycles. The van der Waals surface area contributed by atoms with Crippen molar-refractivity contribution in [3.8, 4) is 0 Å². The van der Waals surface area contributed by atoms with Gasteiger partial charge in [0.05, 0.1) is 27.4 Å². The van der Waals surface area contributed by atoms with E-state index in [0.717, 1.165) is 28.5 Å². The van der Waals surface area contributed by atoms with E-state index in [-0.39, 0.29) is 0 Å². The van der Waals surface area contributed by atoms with E-state index < -0.39 is 9.84 Å². The number of nitrogens with one attached hydrogen (secondary N) is 2. The molecule has 0 spiro atoms. The monoisotopic (exact) mass is 397 g/mol. The highest BCUT2D eigenvalue weighted by Gasteiger charge is 2.12. The van der Waals surface area contributed by atoms with Crippen LogP contribution in [0, 0.1) is 13.8 Å². The van der Waals surface area contributed by atoms with Gasteiger partial charge in [0.15, 0.2) is 0 Å². The fourth-order valence-corrected chi connectivity index (χ4v) is 4.95. The molecule has 1 aromatic carbocycles. The molecule has 0 atom stereocenters. The average Bonchev–Trinajstić information content (AvgIpc) is 2.99. The number of aromatic nitrogens is 2. The molecule has 0 fully saturated rings. The number of hydrogen-bond acceptors (Lipinski definition) is 6.